The van der Waals surface area contributed by atoms with E-state index in [0.29, 0.717) is 12.8 Å². The van der Waals surface area contributed by atoms with E-state index in [0.717, 1.165) is 0 Å². The third-order valence-corrected chi connectivity index (χ3v) is 3.20. The molecule has 19 heavy (non-hydrogen) atoms. The van der Waals surface area contributed by atoms with Crippen molar-refractivity contribution in [1.29, 1.82) is 0 Å². The molecule has 2 nitrogen and oxygen atoms in total. The van der Waals surface area contributed by atoms with Crippen molar-refractivity contribution in [3.8, 4) is 0 Å². The highest BCUT2D eigenvalue weighted by Gasteiger charge is 2.54. The number of esters is 1. The van der Waals surface area contributed by atoms with Gasteiger partial charge < -0.3 is 4.74 Å². The maximum Gasteiger partial charge on any atom is 0.490 e. The summed E-state index contributed by atoms with van der Waals surface area (Å²) in [7, 11) is 0. The molecule has 2 rings (SSSR count). The molecule has 1 aromatic rings. The molecule has 0 radical (unpaired) electrons. The Bertz CT molecular complexity index is 453. The van der Waals surface area contributed by atoms with E-state index in [2.05, 4.69) is 4.74 Å². The zero-order valence-corrected chi connectivity index (χ0v) is 9.91. The molecule has 1 aliphatic carbocycles. The van der Waals surface area contributed by atoms with Crippen LogP contribution in [-0.2, 0) is 15.1 Å². The Kier molecular flexibility index (Phi) is 3.52. The molecule has 0 aliphatic heterocycles. The molecular formula is C13H12F4O2. The van der Waals surface area contributed by atoms with E-state index in [-0.39, 0.29) is 5.56 Å². The largest absolute Gasteiger partial charge is 0.490 e. The van der Waals surface area contributed by atoms with Gasteiger partial charge in [-0.2, -0.15) is 13.2 Å². The van der Waals surface area contributed by atoms with Gasteiger partial charge in [0.1, 0.15) is 6.67 Å². The highest BCUT2D eigenvalue weighted by atomic mass is 19.4. The molecule has 1 aliphatic rings. The van der Waals surface area contributed by atoms with E-state index < -0.39 is 30.3 Å². The van der Waals surface area contributed by atoms with Crippen LogP contribution < -0.4 is 0 Å². The third kappa shape index (κ3) is 2.72. The van der Waals surface area contributed by atoms with Crippen LogP contribution in [0, 0.1) is 5.92 Å². The van der Waals surface area contributed by atoms with Crippen LogP contribution in [0.15, 0.2) is 30.3 Å². The maximum absolute atomic E-state index is 13.4. The smallest absolute Gasteiger partial charge is 0.444 e. The summed E-state index contributed by atoms with van der Waals surface area (Å²) in [5, 5.41) is 0. The van der Waals surface area contributed by atoms with Crippen LogP contribution in [0.25, 0.3) is 0 Å². The predicted octanol–water partition coefficient (Wildman–Crippen LogP) is 3.37. The van der Waals surface area contributed by atoms with Crippen molar-refractivity contribution in [1.82, 2.24) is 0 Å². The number of halogens is 4. The molecule has 1 fully saturated rings. The molecule has 1 saturated carbocycles. The summed E-state index contributed by atoms with van der Waals surface area (Å²) in [6, 6.07) is 7.75. The second-order valence-electron chi connectivity index (χ2n) is 4.55. The Labute approximate surface area is 107 Å². The van der Waals surface area contributed by atoms with Crippen LogP contribution in [0.4, 0.5) is 17.6 Å². The molecule has 0 aromatic heterocycles. The SMILES string of the molecule is O=C(OC(CF)(c1ccccc1)C1CC1)C(F)(F)F. The lowest BCUT2D eigenvalue weighted by Gasteiger charge is -2.31. The number of alkyl halides is 4. The Morgan fingerprint density at radius 2 is 1.79 bits per heavy atom. The summed E-state index contributed by atoms with van der Waals surface area (Å²) >= 11 is 0. The molecule has 0 N–H and O–H groups in total. The van der Waals surface area contributed by atoms with Crippen molar-refractivity contribution >= 4 is 5.97 Å². The average Bonchev–Trinajstić information content (AvgIpc) is 3.20. The van der Waals surface area contributed by atoms with Crippen molar-refractivity contribution in [3.05, 3.63) is 35.9 Å². The number of benzene rings is 1. The maximum atomic E-state index is 13.4. The topological polar surface area (TPSA) is 26.3 Å². The summed E-state index contributed by atoms with van der Waals surface area (Å²) < 4.78 is 54.9. The van der Waals surface area contributed by atoms with E-state index in [1.165, 1.54) is 12.1 Å². The minimum atomic E-state index is -5.12. The summed E-state index contributed by atoms with van der Waals surface area (Å²) in [6.07, 6.45) is -4.03. The first-order valence-corrected chi connectivity index (χ1v) is 5.82. The third-order valence-electron chi connectivity index (χ3n) is 3.20. The van der Waals surface area contributed by atoms with Crippen LogP contribution in [0.1, 0.15) is 18.4 Å². The molecule has 1 aromatic carbocycles. The van der Waals surface area contributed by atoms with Crippen molar-refractivity contribution in [3.63, 3.8) is 0 Å². The normalized spacial score (nSPS) is 18.7. The lowest BCUT2D eigenvalue weighted by atomic mass is 9.89. The van der Waals surface area contributed by atoms with Gasteiger partial charge in [-0.3, -0.25) is 0 Å². The predicted molar refractivity (Wildman–Crippen MR) is 59.0 cm³/mol. The van der Waals surface area contributed by atoms with E-state index in [9.17, 15) is 22.4 Å². The number of carbonyl (C=O) groups excluding carboxylic acids is 1. The van der Waals surface area contributed by atoms with Crippen molar-refractivity contribution in [2.45, 2.75) is 24.6 Å². The van der Waals surface area contributed by atoms with E-state index in [4.69, 9.17) is 0 Å². The highest BCUT2D eigenvalue weighted by molar-refractivity contribution is 5.76. The molecule has 0 amide bonds. The fourth-order valence-electron chi connectivity index (χ4n) is 2.08. The highest BCUT2D eigenvalue weighted by Crippen LogP contribution is 2.49. The summed E-state index contributed by atoms with van der Waals surface area (Å²) in [5.74, 6) is -2.74. The van der Waals surface area contributed by atoms with Gasteiger partial charge >= 0.3 is 12.1 Å². The van der Waals surface area contributed by atoms with Crippen LogP contribution in [-0.4, -0.2) is 18.8 Å². The lowest BCUT2D eigenvalue weighted by Crippen LogP contribution is -2.41. The standard InChI is InChI=1S/C13H12F4O2/c14-8-12(10-6-7-10,9-4-2-1-3-5-9)19-11(18)13(15,16)17/h1-5,10H,6-8H2. The number of hydrogen-bond donors (Lipinski definition) is 0. The van der Waals surface area contributed by atoms with E-state index in [1.54, 1.807) is 18.2 Å². The van der Waals surface area contributed by atoms with Gasteiger partial charge in [-0.1, -0.05) is 30.3 Å². The Hall–Kier alpha value is -1.59. The van der Waals surface area contributed by atoms with Crippen molar-refractivity contribution in [2.24, 2.45) is 5.92 Å². The summed E-state index contributed by atoms with van der Waals surface area (Å²) in [4.78, 5) is 11.0. The molecule has 0 saturated heterocycles. The van der Waals surface area contributed by atoms with Crippen LogP contribution in [0.2, 0.25) is 0 Å². The van der Waals surface area contributed by atoms with Gasteiger partial charge in [-0.05, 0) is 18.4 Å². The van der Waals surface area contributed by atoms with Gasteiger partial charge in [-0.15, -0.1) is 0 Å². The first-order valence-electron chi connectivity index (χ1n) is 5.82. The van der Waals surface area contributed by atoms with Gasteiger partial charge in [0.15, 0.2) is 5.60 Å². The monoisotopic (exact) mass is 276 g/mol. The number of rotatable bonds is 4. The van der Waals surface area contributed by atoms with Crippen LogP contribution >= 0.6 is 0 Å². The fourth-order valence-corrected chi connectivity index (χ4v) is 2.08. The van der Waals surface area contributed by atoms with Crippen LogP contribution in [0.3, 0.4) is 0 Å². The minimum Gasteiger partial charge on any atom is -0.444 e. The second kappa shape index (κ2) is 4.83. The van der Waals surface area contributed by atoms with Crippen molar-refractivity contribution < 1.29 is 27.1 Å². The van der Waals surface area contributed by atoms with Gasteiger partial charge in [0.25, 0.3) is 0 Å². The molecule has 0 spiro atoms. The summed E-state index contributed by atoms with van der Waals surface area (Å²) in [5.41, 5.74) is -1.55. The molecule has 6 heteroatoms. The summed E-state index contributed by atoms with van der Waals surface area (Å²) in [6.45, 7) is -1.16. The lowest BCUT2D eigenvalue weighted by molar-refractivity contribution is -0.219. The van der Waals surface area contributed by atoms with E-state index in [1.807, 2.05) is 0 Å². The fraction of sp³-hybridized carbons (Fsp3) is 0.462. The van der Waals surface area contributed by atoms with E-state index >= 15 is 0 Å². The minimum absolute atomic E-state index is 0.262. The van der Waals surface area contributed by atoms with Gasteiger partial charge in [0, 0.05) is 5.92 Å². The first-order chi connectivity index (χ1) is 8.90. The van der Waals surface area contributed by atoms with Gasteiger partial charge in [0.05, 0.1) is 0 Å². The first kappa shape index (κ1) is 13.8. The molecule has 0 bridgehead atoms. The number of hydrogen-bond acceptors (Lipinski definition) is 2. The molecule has 1 atom stereocenters. The Balaban J connectivity index is 2.33. The second-order valence-corrected chi connectivity index (χ2v) is 4.55. The zero-order valence-electron chi connectivity index (χ0n) is 9.91. The zero-order chi connectivity index (χ0) is 14.1. The van der Waals surface area contributed by atoms with Gasteiger partial charge in [-0.25, -0.2) is 9.18 Å². The average molecular weight is 276 g/mol. The molecular weight excluding hydrogens is 264 g/mol. The molecule has 0 heterocycles. The number of carbonyl (C=O) groups is 1. The quantitative estimate of drug-likeness (QED) is 0.622. The Morgan fingerprint density at radius 1 is 1.21 bits per heavy atom. The molecule has 104 valence electrons. The van der Waals surface area contributed by atoms with Crippen LogP contribution in [0.5, 0.6) is 0 Å². The number of ether oxygens (including phenoxy) is 1. The Morgan fingerprint density at radius 3 is 2.21 bits per heavy atom. The van der Waals surface area contributed by atoms with Gasteiger partial charge in [0.2, 0.25) is 0 Å². The van der Waals surface area contributed by atoms with Crippen molar-refractivity contribution in [2.75, 3.05) is 6.67 Å². The molecule has 1 unspecified atom stereocenters.